The quantitative estimate of drug-likeness (QED) is 0.792. The number of rotatable bonds is 3. The van der Waals surface area contributed by atoms with Crippen LogP contribution in [0.1, 0.15) is 5.56 Å². The number of methoxy groups -OCH3 is 1. The summed E-state index contributed by atoms with van der Waals surface area (Å²) in [5.41, 5.74) is 1.43. The van der Waals surface area contributed by atoms with Crippen LogP contribution in [0.15, 0.2) is 28.1 Å². The van der Waals surface area contributed by atoms with Crippen LogP contribution in [0.4, 0.5) is 5.69 Å². The average Bonchev–Trinajstić information content (AvgIpc) is 2.30. The summed E-state index contributed by atoms with van der Waals surface area (Å²) in [4.78, 5) is 4.32. The van der Waals surface area contributed by atoms with Gasteiger partial charge < -0.3 is 10.1 Å². The van der Waals surface area contributed by atoms with E-state index < -0.39 is 10.0 Å². The number of hydrogen-bond donors (Lipinski definition) is 2. The fourth-order valence-electron chi connectivity index (χ4n) is 1.61. The largest absolute Gasteiger partial charge is 0.383 e. The van der Waals surface area contributed by atoms with Crippen LogP contribution in [-0.4, -0.2) is 34.6 Å². The van der Waals surface area contributed by atoms with Gasteiger partial charge in [-0.2, -0.15) is 0 Å². The summed E-state index contributed by atoms with van der Waals surface area (Å²) in [6.45, 7) is 2.67. The highest BCUT2D eigenvalue weighted by Gasteiger charge is 2.26. The molecule has 1 heterocycles. The Hall–Kier alpha value is -1.60. The van der Waals surface area contributed by atoms with E-state index in [0.29, 0.717) is 18.8 Å². The molecule has 0 fully saturated rings. The monoisotopic (exact) mass is 269 g/mol. The van der Waals surface area contributed by atoms with Crippen LogP contribution in [0.2, 0.25) is 0 Å². The zero-order chi connectivity index (χ0) is 13.2. The van der Waals surface area contributed by atoms with Crippen molar-refractivity contribution in [2.45, 2.75) is 11.8 Å². The number of guanidine groups is 1. The van der Waals surface area contributed by atoms with Crippen molar-refractivity contribution in [1.29, 1.82) is 0 Å². The van der Waals surface area contributed by atoms with E-state index in [4.69, 9.17) is 4.74 Å². The molecule has 98 valence electrons. The third-order valence-corrected chi connectivity index (χ3v) is 3.85. The second-order valence-electron chi connectivity index (χ2n) is 3.95. The minimum Gasteiger partial charge on any atom is -0.383 e. The molecule has 0 aromatic heterocycles. The lowest BCUT2D eigenvalue weighted by molar-refractivity contribution is 0.208. The van der Waals surface area contributed by atoms with E-state index in [1.165, 1.54) is 0 Å². The predicted molar refractivity (Wildman–Crippen MR) is 69.3 cm³/mol. The Bertz CT molecular complexity index is 581. The summed E-state index contributed by atoms with van der Waals surface area (Å²) in [5.74, 6) is 0.225. The van der Waals surface area contributed by atoms with Gasteiger partial charge >= 0.3 is 0 Å². The van der Waals surface area contributed by atoms with Gasteiger partial charge in [-0.25, -0.2) is 18.1 Å². The Balaban J connectivity index is 2.33. The molecule has 2 N–H and O–H groups in total. The zero-order valence-electron chi connectivity index (χ0n) is 10.2. The number of anilines is 1. The fourth-order valence-corrected chi connectivity index (χ4v) is 2.84. The van der Waals surface area contributed by atoms with Crippen LogP contribution in [0.5, 0.6) is 0 Å². The van der Waals surface area contributed by atoms with Gasteiger partial charge in [0.2, 0.25) is 5.96 Å². The molecule has 0 unspecified atom stereocenters. The molecule has 0 spiro atoms. The smallest absolute Gasteiger partial charge is 0.266 e. The summed E-state index contributed by atoms with van der Waals surface area (Å²) in [6.07, 6.45) is 0. The van der Waals surface area contributed by atoms with Crippen molar-refractivity contribution in [2.24, 2.45) is 4.99 Å². The zero-order valence-corrected chi connectivity index (χ0v) is 11.0. The summed E-state index contributed by atoms with van der Waals surface area (Å²) in [5, 5.41) is 2.94. The SMILES string of the molecule is COCCN=C1Nc2ccc(C)cc2S(=O)(=O)N1. The molecule has 0 saturated carbocycles. The molecule has 1 aromatic carbocycles. The molecule has 0 saturated heterocycles. The summed E-state index contributed by atoms with van der Waals surface area (Å²) in [7, 11) is -1.97. The van der Waals surface area contributed by atoms with Crippen LogP contribution in [-0.2, 0) is 14.8 Å². The molecule has 2 rings (SSSR count). The van der Waals surface area contributed by atoms with Crippen LogP contribution >= 0.6 is 0 Å². The second-order valence-corrected chi connectivity index (χ2v) is 5.60. The lowest BCUT2D eigenvalue weighted by atomic mass is 10.2. The number of ether oxygens (including phenoxy) is 1. The van der Waals surface area contributed by atoms with E-state index in [0.717, 1.165) is 5.56 Å². The highest BCUT2D eigenvalue weighted by Crippen LogP contribution is 2.25. The molecule has 0 radical (unpaired) electrons. The van der Waals surface area contributed by atoms with Crippen LogP contribution < -0.4 is 10.0 Å². The minimum atomic E-state index is -3.53. The predicted octanol–water partition coefficient (Wildman–Crippen LogP) is 0.701. The third-order valence-electron chi connectivity index (χ3n) is 2.48. The molecule has 7 heteroatoms. The van der Waals surface area contributed by atoms with Gasteiger partial charge in [0, 0.05) is 7.11 Å². The molecule has 1 aromatic rings. The number of sulfonamides is 1. The van der Waals surface area contributed by atoms with Gasteiger partial charge in [-0.3, -0.25) is 0 Å². The number of aliphatic imine (C=N–C) groups is 1. The summed E-state index contributed by atoms with van der Waals surface area (Å²) < 4.78 is 31.3. The normalized spacial score (nSPS) is 18.9. The highest BCUT2D eigenvalue weighted by atomic mass is 32.2. The van der Waals surface area contributed by atoms with Gasteiger partial charge in [0.05, 0.1) is 18.8 Å². The van der Waals surface area contributed by atoms with E-state index in [2.05, 4.69) is 15.0 Å². The van der Waals surface area contributed by atoms with Gasteiger partial charge in [-0.05, 0) is 24.6 Å². The number of nitrogens with zero attached hydrogens (tertiary/aromatic N) is 1. The molecule has 6 nitrogen and oxygen atoms in total. The van der Waals surface area contributed by atoms with Crippen molar-refractivity contribution in [3.05, 3.63) is 23.8 Å². The maximum Gasteiger partial charge on any atom is 0.266 e. The molecule has 0 amide bonds. The third kappa shape index (κ3) is 2.62. The highest BCUT2D eigenvalue weighted by molar-refractivity contribution is 7.90. The molecule has 0 atom stereocenters. The number of benzene rings is 1. The topological polar surface area (TPSA) is 79.8 Å². The lowest BCUT2D eigenvalue weighted by Crippen LogP contribution is -2.41. The number of hydrogen-bond acceptors (Lipinski definition) is 4. The van der Waals surface area contributed by atoms with E-state index >= 15 is 0 Å². The van der Waals surface area contributed by atoms with Crippen LogP contribution in [0.3, 0.4) is 0 Å². The van der Waals surface area contributed by atoms with Crippen LogP contribution in [0.25, 0.3) is 0 Å². The molecular weight excluding hydrogens is 254 g/mol. The summed E-state index contributed by atoms with van der Waals surface area (Å²) in [6, 6.07) is 5.20. The Morgan fingerprint density at radius 2 is 2.17 bits per heavy atom. The van der Waals surface area contributed by atoms with Crippen molar-refractivity contribution >= 4 is 21.7 Å². The first kappa shape index (κ1) is 12.8. The van der Waals surface area contributed by atoms with Gasteiger partial charge in [-0.1, -0.05) is 6.07 Å². The first-order chi connectivity index (χ1) is 8.53. The van der Waals surface area contributed by atoms with Crippen molar-refractivity contribution in [3.8, 4) is 0 Å². The van der Waals surface area contributed by atoms with Crippen LogP contribution in [0, 0.1) is 6.92 Å². The molecule has 18 heavy (non-hydrogen) atoms. The first-order valence-electron chi connectivity index (χ1n) is 5.47. The van der Waals surface area contributed by atoms with Crippen molar-refractivity contribution < 1.29 is 13.2 Å². The van der Waals surface area contributed by atoms with Crippen molar-refractivity contribution in [1.82, 2.24) is 4.72 Å². The lowest BCUT2D eigenvalue weighted by Gasteiger charge is -2.21. The van der Waals surface area contributed by atoms with Gasteiger partial charge in [-0.15, -0.1) is 0 Å². The van der Waals surface area contributed by atoms with E-state index in [1.807, 2.05) is 13.0 Å². The number of nitrogens with one attached hydrogen (secondary N) is 2. The van der Waals surface area contributed by atoms with E-state index in [1.54, 1.807) is 19.2 Å². The van der Waals surface area contributed by atoms with E-state index in [-0.39, 0.29) is 10.9 Å². The number of fused-ring (bicyclic) bond motifs is 1. The van der Waals surface area contributed by atoms with Gasteiger partial charge in [0.25, 0.3) is 10.0 Å². The van der Waals surface area contributed by atoms with Gasteiger partial charge in [0.15, 0.2) is 0 Å². The average molecular weight is 269 g/mol. The first-order valence-corrected chi connectivity index (χ1v) is 6.95. The standard InChI is InChI=1S/C11H15N3O3S/c1-8-3-4-9-10(7-8)18(15,16)14-11(13-9)12-5-6-17-2/h3-4,7H,5-6H2,1-2H3,(H2,12,13,14). The van der Waals surface area contributed by atoms with Crippen molar-refractivity contribution in [2.75, 3.05) is 25.6 Å². The molecule has 1 aliphatic rings. The maximum atomic E-state index is 12.0. The molecule has 1 aliphatic heterocycles. The maximum absolute atomic E-state index is 12.0. The van der Waals surface area contributed by atoms with Crippen molar-refractivity contribution in [3.63, 3.8) is 0 Å². The summed E-state index contributed by atoms with van der Waals surface area (Å²) >= 11 is 0. The number of aryl methyl sites for hydroxylation is 1. The Morgan fingerprint density at radius 3 is 2.89 bits per heavy atom. The molecule has 0 aliphatic carbocycles. The second kappa shape index (κ2) is 4.95. The molecular formula is C11H15N3O3S. The Kier molecular flexibility index (Phi) is 3.53. The molecule has 0 bridgehead atoms. The minimum absolute atomic E-state index is 0.225. The fraction of sp³-hybridized carbons (Fsp3) is 0.364. The van der Waals surface area contributed by atoms with Gasteiger partial charge in [0.1, 0.15) is 4.90 Å². The van der Waals surface area contributed by atoms with E-state index in [9.17, 15) is 8.42 Å². The Labute approximate surface area is 106 Å². The Morgan fingerprint density at radius 1 is 1.39 bits per heavy atom.